The van der Waals surface area contributed by atoms with E-state index >= 15 is 0 Å². The number of halogens is 5. The number of benzene rings is 1. The maximum atomic E-state index is 12.5. The average Bonchev–Trinajstić information content (AvgIpc) is 2.40. The number of aryl methyl sites for hydroxylation is 1. The van der Waals surface area contributed by atoms with Crippen LogP contribution >= 0.6 is 27.5 Å². The number of rotatable bonds is 3. The SMILES string of the molecule is Cc1cc(Oc2ncc(C(F)(F)F)cc2Cl)ccc1CBr. The van der Waals surface area contributed by atoms with Gasteiger partial charge in [-0.25, -0.2) is 4.98 Å². The summed E-state index contributed by atoms with van der Waals surface area (Å²) in [5.41, 5.74) is 1.17. The van der Waals surface area contributed by atoms with Gasteiger partial charge in [-0.2, -0.15) is 13.2 Å². The average molecular weight is 381 g/mol. The van der Waals surface area contributed by atoms with Crippen molar-refractivity contribution in [2.45, 2.75) is 18.4 Å². The first-order chi connectivity index (χ1) is 9.81. The summed E-state index contributed by atoms with van der Waals surface area (Å²) in [6.45, 7) is 1.91. The molecule has 0 saturated carbocycles. The topological polar surface area (TPSA) is 22.1 Å². The molecule has 7 heteroatoms. The van der Waals surface area contributed by atoms with Gasteiger partial charge < -0.3 is 4.74 Å². The third-order valence-electron chi connectivity index (χ3n) is 2.81. The maximum Gasteiger partial charge on any atom is 0.417 e. The molecule has 0 aliphatic rings. The number of nitrogens with zero attached hydrogens (tertiary/aromatic N) is 1. The Morgan fingerprint density at radius 3 is 2.52 bits per heavy atom. The van der Waals surface area contributed by atoms with Crippen molar-refractivity contribution in [1.29, 1.82) is 0 Å². The number of aromatic nitrogens is 1. The molecule has 1 aromatic carbocycles. The molecule has 2 rings (SSSR count). The summed E-state index contributed by atoms with van der Waals surface area (Å²) in [5, 5.41) is 0.519. The second kappa shape index (κ2) is 6.23. The fourth-order valence-corrected chi connectivity index (χ4v) is 2.48. The zero-order valence-electron chi connectivity index (χ0n) is 10.8. The summed E-state index contributed by atoms with van der Waals surface area (Å²) in [7, 11) is 0. The third kappa shape index (κ3) is 3.89. The Morgan fingerprint density at radius 1 is 1.29 bits per heavy atom. The minimum Gasteiger partial charge on any atom is -0.438 e. The fourth-order valence-electron chi connectivity index (χ4n) is 1.65. The van der Waals surface area contributed by atoms with Crippen LogP contribution in [0, 0.1) is 6.92 Å². The van der Waals surface area contributed by atoms with Gasteiger partial charge in [0.2, 0.25) is 5.88 Å². The second-order valence-electron chi connectivity index (χ2n) is 4.33. The van der Waals surface area contributed by atoms with Crippen molar-refractivity contribution in [3.05, 3.63) is 52.2 Å². The molecule has 0 radical (unpaired) electrons. The molecule has 0 saturated heterocycles. The normalized spacial score (nSPS) is 11.5. The third-order valence-corrected chi connectivity index (χ3v) is 3.68. The minimum absolute atomic E-state index is 0.0596. The van der Waals surface area contributed by atoms with Crippen LogP contribution in [0.2, 0.25) is 5.02 Å². The summed E-state index contributed by atoms with van der Waals surface area (Å²) in [4.78, 5) is 3.63. The van der Waals surface area contributed by atoms with Crippen molar-refractivity contribution >= 4 is 27.5 Å². The van der Waals surface area contributed by atoms with Gasteiger partial charge in [-0.3, -0.25) is 0 Å². The van der Waals surface area contributed by atoms with E-state index in [9.17, 15) is 13.2 Å². The van der Waals surface area contributed by atoms with Crippen LogP contribution in [0.15, 0.2) is 30.5 Å². The van der Waals surface area contributed by atoms with Crippen molar-refractivity contribution < 1.29 is 17.9 Å². The molecule has 1 aromatic heterocycles. The number of alkyl halides is 4. The predicted octanol–water partition coefficient (Wildman–Crippen LogP) is 5.75. The van der Waals surface area contributed by atoms with E-state index in [-0.39, 0.29) is 10.9 Å². The van der Waals surface area contributed by atoms with Crippen LogP contribution in [-0.4, -0.2) is 4.98 Å². The molecule has 0 aliphatic heterocycles. The van der Waals surface area contributed by atoms with Crippen LogP contribution < -0.4 is 4.74 Å². The Balaban J connectivity index is 2.26. The van der Waals surface area contributed by atoms with Crippen molar-refractivity contribution in [2.24, 2.45) is 0 Å². The van der Waals surface area contributed by atoms with Crippen molar-refractivity contribution in [3.63, 3.8) is 0 Å². The lowest BCUT2D eigenvalue weighted by Gasteiger charge is -2.11. The number of hydrogen-bond donors (Lipinski definition) is 0. The fraction of sp³-hybridized carbons (Fsp3) is 0.214. The Hall–Kier alpha value is -1.27. The molecule has 1 heterocycles. The minimum atomic E-state index is -4.48. The first kappa shape index (κ1) is 16.1. The zero-order chi connectivity index (χ0) is 15.6. The van der Waals surface area contributed by atoms with Gasteiger partial charge in [0.15, 0.2) is 0 Å². The van der Waals surface area contributed by atoms with Crippen LogP contribution in [0.5, 0.6) is 11.6 Å². The highest BCUT2D eigenvalue weighted by molar-refractivity contribution is 9.08. The molecule has 2 aromatic rings. The first-order valence-electron chi connectivity index (χ1n) is 5.87. The molecule has 0 bridgehead atoms. The highest BCUT2D eigenvalue weighted by Crippen LogP contribution is 2.34. The lowest BCUT2D eigenvalue weighted by atomic mass is 10.1. The first-order valence-corrected chi connectivity index (χ1v) is 7.37. The van der Waals surface area contributed by atoms with E-state index in [0.717, 1.165) is 17.2 Å². The van der Waals surface area contributed by atoms with E-state index in [4.69, 9.17) is 16.3 Å². The molecule has 0 amide bonds. The Labute approximate surface area is 133 Å². The summed E-state index contributed by atoms with van der Waals surface area (Å²) in [6, 6.07) is 6.13. The van der Waals surface area contributed by atoms with Crippen molar-refractivity contribution in [3.8, 4) is 11.6 Å². The molecule has 0 spiro atoms. The highest BCUT2D eigenvalue weighted by Gasteiger charge is 2.31. The van der Waals surface area contributed by atoms with E-state index in [1.807, 2.05) is 13.0 Å². The van der Waals surface area contributed by atoms with E-state index < -0.39 is 11.7 Å². The summed E-state index contributed by atoms with van der Waals surface area (Å²) in [6.07, 6.45) is -3.79. The van der Waals surface area contributed by atoms with E-state index in [1.54, 1.807) is 12.1 Å². The lowest BCUT2D eigenvalue weighted by Crippen LogP contribution is -2.05. The largest absolute Gasteiger partial charge is 0.438 e. The predicted molar refractivity (Wildman–Crippen MR) is 78.1 cm³/mol. The molecule has 0 aliphatic carbocycles. The molecule has 0 fully saturated rings. The summed E-state index contributed by atoms with van der Waals surface area (Å²) in [5.74, 6) is 0.405. The van der Waals surface area contributed by atoms with Gasteiger partial charge in [-0.1, -0.05) is 33.6 Å². The molecule has 0 unspecified atom stereocenters. The smallest absolute Gasteiger partial charge is 0.417 e. The van der Waals surface area contributed by atoms with E-state index in [0.29, 0.717) is 17.3 Å². The van der Waals surface area contributed by atoms with Gasteiger partial charge >= 0.3 is 6.18 Å². The molecule has 0 atom stereocenters. The van der Waals surface area contributed by atoms with Crippen molar-refractivity contribution in [2.75, 3.05) is 0 Å². The summed E-state index contributed by atoms with van der Waals surface area (Å²) < 4.78 is 43.0. The number of pyridine rings is 1. The van der Waals surface area contributed by atoms with E-state index in [2.05, 4.69) is 20.9 Å². The molecule has 2 nitrogen and oxygen atoms in total. The Kier molecular flexibility index (Phi) is 4.78. The lowest BCUT2D eigenvalue weighted by molar-refractivity contribution is -0.137. The van der Waals surface area contributed by atoms with Gasteiger partial charge in [-0.15, -0.1) is 0 Å². The second-order valence-corrected chi connectivity index (χ2v) is 5.30. The van der Waals surface area contributed by atoms with Gasteiger partial charge in [0.05, 0.1) is 5.56 Å². The van der Waals surface area contributed by atoms with Gasteiger partial charge in [0.1, 0.15) is 10.8 Å². The molecule has 0 N–H and O–H groups in total. The number of ether oxygens (including phenoxy) is 1. The number of hydrogen-bond acceptors (Lipinski definition) is 2. The monoisotopic (exact) mass is 379 g/mol. The van der Waals surface area contributed by atoms with Gasteiger partial charge in [0, 0.05) is 11.5 Å². The molecule has 112 valence electrons. The van der Waals surface area contributed by atoms with Crippen LogP contribution in [0.1, 0.15) is 16.7 Å². The molecular formula is C14H10BrClF3NO. The summed E-state index contributed by atoms with van der Waals surface area (Å²) >= 11 is 9.15. The maximum absolute atomic E-state index is 12.5. The van der Waals surface area contributed by atoms with Crippen LogP contribution in [0.4, 0.5) is 13.2 Å². The van der Waals surface area contributed by atoms with Gasteiger partial charge in [0.25, 0.3) is 0 Å². The standard InChI is InChI=1S/C14H10BrClF3NO/c1-8-4-11(3-2-9(8)6-15)21-13-12(16)5-10(7-20-13)14(17,18)19/h2-5,7H,6H2,1H3. The quantitative estimate of drug-likeness (QED) is 0.633. The molecule has 21 heavy (non-hydrogen) atoms. The van der Waals surface area contributed by atoms with Crippen LogP contribution in [0.3, 0.4) is 0 Å². The van der Waals surface area contributed by atoms with E-state index in [1.165, 1.54) is 0 Å². The molecular weight excluding hydrogens is 371 g/mol. The van der Waals surface area contributed by atoms with Crippen molar-refractivity contribution in [1.82, 2.24) is 4.98 Å². The van der Waals surface area contributed by atoms with Crippen LogP contribution in [0.25, 0.3) is 0 Å². The Bertz CT molecular complexity index is 661. The van der Waals surface area contributed by atoms with Crippen LogP contribution in [-0.2, 0) is 11.5 Å². The Morgan fingerprint density at radius 2 is 2.00 bits per heavy atom. The van der Waals surface area contributed by atoms with Gasteiger partial charge in [-0.05, 0) is 36.2 Å². The zero-order valence-corrected chi connectivity index (χ0v) is 13.2. The highest BCUT2D eigenvalue weighted by atomic mass is 79.9.